The number of aryl methyl sites for hydroxylation is 1. The molecule has 2 aromatic carbocycles. The minimum atomic E-state index is -3.95. The SMILES string of the molecule is Cc1cccc(S(=O)(=O)c2cc3cc(Cl)ccc3oc2=O)c1. The van der Waals surface area contributed by atoms with Crippen molar-refractivity contribution in [3.8, 4) is 0 Å². The van der Waals surface area contributed by atoms with Gasteiger partial charge in [-0.2, -0.15) is 0 Å². The third-order valence-electron chi connectivity index (χ3n) is 3.25. The van der Waals surface area contributed by atoms with Gasteiger partial charge in [-0.3, -0.25) is 0 Å². The average molecular weight is 335 g/mol. The summed E-state index contributed by atoms with van der Waals surface area (Å²) in [7, 11) is -3.95. The third kappa shape index (κ3) is 2.53. The van der Waals surface area contributed by atoms with E-state index in [9.17, 15) is 13.2 Å². The van der Waals surface area contributed by atoms with E-state index in [1.165, 1.54) is 24.3 Å². The zero-order chi connectivity index (χ0) is 15.9. The first kappa shape index (κ1) is 14.8. The Morgan fingerprint density at radius 3 is 2.55 bits per heavy atom. The summed E-state index contributed by atoms with van der Waals surface area (Å²) in [6, 6.07) is 12.3. The summed E-state index contributed by atoms with van der Waals surface area (Å²) in [5, 5.41) is 0.888. The second-order valence-corrected chi connectivity index (χ2v) is 7.25. The minimum absolute atomic E-state index is 0.0566. The normalized spacial score (nSPS) is 11.7. The molecule has 0 aliphatic heterocycles. The molecule has 1 heterocycles. The maximum absolute atomic E-state index is 12.6. The monoisotopic (exact) mass is 334 g/mol. The van der Waals surface area contributed by atoms with Crippen molar-refractivity contribution in [1.82, 2.24) is 0 Å². The van der Waals surface area contributed by atoms with Crippen LogP contribution in [0.5, 0.6) is 0 Å². The number of fused-ring (bicyclic) bond motifs is 1. The molecule has 3 aromatic rings. The number of benzene rings is 2. The Morgan fingerprint density at radius 2 is 1.82 bits per heavy atom. The van der Waals surface area contributed by atoms with Gasteiger partial charge in [-0.25, -0.2) is 13.2 Å². The van der Waals surface area contributed by atoms with E-state index >= 15 is 0 Å². The standard InChI is InChI=1S/C16H11ClO4S/c1-10-3-2-4-13(7-10)22(19,20)15-9-11-8-12(17)5-6-14(11)21-16(15)18/h2-9H,1H3. The Hall–Kier alpha value is -2.11. The average Bonchev–Trinajstić information content (AvgIpc) is 2.47. The lowest BCUT2D eigenvalue weighted by molar-refractivity contribution is 0.532. The van der Waals surface area contributed by atoms with Gasteiger partial charge in [-0.15, -0.1) is 0 Å². The molecule has 0 fully saturated rings. The summed E-state index contributed by atoms with van der Waals surface area (Å²) in [4.78, 5) is 11.7. The van der Waals surface area contributed by atoms with Crippen molar-refractivity contribution >= 4 is 32.4 Å². The zero-order valence-electron chi connectivity index (χ0n) is 11.5. The first-order valence-corrected chi connectivity index (χ1v) is 8.29. The van der Waals surface area contributed by atoms with Gasteiger partial charge in [0.05, 0.1) is 4.90 Å². The molecule has 1 aromatic heterocycles. The maximum atomic E-state index is 12.6. The number of hydrogen-bond donors (Lipinski definition) is 0. The Kier molecular flexibility index (Phi) is 3.54. The van der Waals surface area contributed by atoms with E-state index in [0.717, 1.165) is 5.56 Å². The fourth-order valence-electron chi connectivity index (χ4n) is 2.17. The lowest BCUT2D eigenvalue weighted by atomic mass is 10.2. The van der Waals surface area contributed by atoms with Crippen LogP contribution in [-0.2, 0) is 9.84 Å². The molecule has 0 saturated heterocycles. The molecule has 3 rings (SSSR count). The molecule has 4 nitrogen and oxygen atoms in total. The van der Waals surface area contributed by atoms with Crippen LogP contribution in [0.2, 0.25) is 5.02 Å². The quantitative estimate of drug-likeness (QED) is 0.672. The first-order valence-electron chi connectivity index (χ1n) is 6.43. The van der Waals surface area contributed by atoms with Gasteiger partial charge in [0.2, 0.25) is 9.84 Å². The molecule has 22 heavy (non-hydrogen) atoms. The molecule has 0 radical (unpaired) electrons. The van der Waals surface area contributed by atoms with Crippen LogP contribution in [0, 0.1) is 6.92 Å². The molecule has 0 bridgehead atoms. The van der Waals surface area contributed by atoms with Gasteiger partial charge in [0.25, 0.3) is 0 Å². The fraction of sp³-hybridized carbons (Fsp3) is 0.0625. The van der Waals surface area contributed by atoms with Crippen LogP contribution in [0.3, 0.4) is 0 Å². The molecule has 0 saturated carbocycles. The molecule has 0 atom stereocenters. The lowest BCUT2D eigenvalue weighted by Gasteiger charge is -2.05. The van der Waals surface area contributed by atoms with Crippen molar-refractivity contribution < 1.29 is 12.8 Å². The number of halogens is 1. The number of sulfone groups is 1. The summed E-state index contributed by atoms with van der Waals surface area (Å²) >= 11 is 5.89. The second-order valence-electron chi connectivity index (χ2n) is 4.90. The molecule has 0 spiro atoms. The molecular weight excluding hydrogens is 324 g/mol. The van der Waals surface area contributed by atoms with Crippen molar-refractivity contribution in [2.24, 2.45) is 0 Å². The van der Waals surface area contributed by atoms with E-state index in [1.807, 2.05) is 0 Å². The number of rotatable bonds is 2. The second kappa shape index (κ2) is 5.26. The van der Waals surface area contributed by atoms with Gasteiger partial charge < -0.3 is 4.42 Å². The van der Waals surface area contributed by atoms with Crippen molar-refractivity contribution in [2.45, 2.75) is 16.7 Å². The maximum Gasteiger partial charge on any atom is 0.355 e. The van der Waals surface area contributed by atoms with Crippen LogP contribution < -0.4 is 5.63 Å². The van der Waals surface area contributed by atoms with Gasteiger partial charge in [0.15, 0.2) is 4.90 Å². The fourth-order valence-corrected chi connectivity index (χ4v) is 3.75. The highest BCUT2D eigenvalue weighted by Crippen LogP contribution is 2.24. The van der Waals surface area contributed by atoms with Crippen LogP contribution >= 0.6 is 11.6 Å². The predicted molar refractivity (Wildman–Crippen MR) is 84.1 cm³/mol. The highest BCUT2D eigenvalue weighted by atomic mass is 35.5. The topological polar surface area (TPSA) is 64.3 Å². The first-order chi connectivity index (χ1) is 10.4. The van der Waals surface area contributed by atoms with Crippen LogP contribution in [-0.4, -0.2) is 8.42 Å². The van der Waals surface area contributed by atoms with Gasteiger partial charge >= 0.3 is 5.63 Å². The van der Waals surface area contributed by atoms with Crippen LogP contribution in [0.1, 0.15) is 5.56 Å². The van der Waals surface area contributed by atoms with Crippen LogP contribution in [0.15, 0.2) is 67.5 Å². The van der Waals surface area contributed by atoms with Gasteiger partial charge in [-0.1, -0.05) is 23.7 Å². The van der Waals surface area contributed by atoms with E-state index < -0.39 is 20.4 Å². The summed E-state index contributed by atoms with van der Waals surface area (Å²) in [5.74, 6) is 0. The summed E-state index contributed by atoms with van der Waals surface area (Å²) in [5.41, 5.74) is 0.184. The molecular formula is C16H11ClO4S. The summed E-state index contributed by atoms with van der Waals surface area (Å²) in [6.45, 7) is 1.78. The van der Waals surface area contributed by atoms with E-state index in [-0.39, 0.29) is 10.5 Å². The van der Waals surface area contributed by atoms with Gasteiger partial charge in [0, 0.05) is 10.4 Å². The zero-order valence-corrected chi connectivity index (χ0v) is 13.1. The van der Waals surface area contributed by atoms with Crippen molar-refractivity contribution in [3.05, 3.63) is 69.5 Å². The van der Waals surface area contributed by atoms with E-state index in [1.54, 1.807) is 31.2 Å². The Labute approximate surface area is 131 Å². The molecule has 0 N–H and O–H groups in total. The molecule has 112 valence electrons. The summed E-state index contributed by atoms with van der Waals surface area (Å²) in [6.07, 6.45) is 0. The Bertz CT molecular complexity index is 1040. The molecule has 6 heteroatoms. The van der Waals surface area contributed by atoms with E-state index in [2.05, 4.69) is 0 Å². The molecule has 0 aliphatic carbocycles. The summed E-state index contributed by atoms with van der Waals surface area (Å²) < 4.78 is 30.4. The Balaban J connectivity index is 2.29. The van der Waals surface area contributed by atoms with Crippen molar-refractivity contribution in [1.29, 1.82) is 0 Å². The van der Waals surface area contributed by atoms with Crippen molar-refractivity contribution in [3.63, 3.8) is 0 Å². The lowest BCUT2D eigenvalue weighted by Crippen LogP contribution is -2.14. The highest BCUT2D eigenvalue weighted by molar-refractivity contribution is 7.91. The van der Waals surface area contributed by atoms with Crippen LogP contribution in [0.4, 0.5) is 0 Å². The van der Waals surface area contributed by atoms with Gasteiger partial charge in [0.1, 0.15) is 5.58 Å². The largest absolute Gasteiger partial charge is 0.422 e. The molecule has 0 amide bonds. The Morgan fingerprint density at radius 1 is 1.05 bits per heavy atom. The highest BCUT2D eigenvalue weighted by Gasteiger charge is 2.23. The molecule has 0 aliphatic rings. The minimum Gasteiger partial charge on any atom is -0.422 e. The van der Waals surface area contributed by atoms with Crippen LogP contribution in [0.25, 0.3) is 11.0 Å². The van der Waals surface area contributed by atoms with Crippen molar-refractivity contribution in [2.75, 3.05) is 0 Å². The van der Waals surface area contributed by atoms with Gasteiger partial charge in [-0.05, 0) is 48.9 Å². The predicted octanol–water partition coefficient (Wildman–Crippen LogP) is 3.59. The molecule has 0 unspecified atom stereocenters. The van der Waals surface area contributed by atoms with E-state index in [0.29, 0.717) is 10.4 Å². The third-order valence-corrected chi connectivity index (χ3v) is 5.22. The smallest absolute Gasteiger partial charge is 0.355 e. The number of hydrogen-bond acceptors (Lipinski definition) is 4. The van der Waals surface area contributed by atoms with E-state index in [4.69, 9.17) is 16.0 Å².